The molecule has 1 saturated carbocycles. The van der Waals surface area contributed by atoms with Gasteiger partial charge in [0, 0.05) is 11.5 Å². The van der Waals surface area contributed by atoms with Crippen molar-refractivity contribution in [2.45, 2.75) is 31.6 Å². The van der Waals surface area contributed by atoms with Crippen LogP contribution < -0.4 is 5.63 Å². The van der Waals surface area contributed by atoms with E-state index >= 15 is 0 Å². The summed E-state index contributed by atoms with van der Waals surface area (Å²) in [7, 11) is 0. The van der Waals surface area contributed by atoms with Crippen molar-refractivity contribution in [3.05, 3.63) is 100 Å². The maximum absolute atomic E-state index is 12.2. The minimum atomic E-state index is -0.207. The van der Waals surface area contributed by atoms with Gasteiger partial charge in [-0.2, -0.15) is 0 Å². The summed E-state index contributed by atoms with van der Waals surface area (Å²) in [6, 6.07) is 18.1. The summed E-state index contributed by atoms with van der Waals surface area (Å²) in [5, 5.41) is 1.72. The summed E-state index contributed by atoms with van der Waals surface area (Å²) in [6.07, 6.45) is 12.6. The van der Waals surface area contributed by atoms with E-state index in [2.05, 4.69) is 36.4 Å². The Labute approximate surface area is 153 Å². The van der Waals surface area contributed by atoms with Crippen LogP contribution in [0.3, 0.4) is 0 Å². The van der Waals surface area contributed by atoms with E-state index in [1.807, 2.05) is 42.5 Å². The van der Waals surface area contributed by atoms with Crippen molar-refractivity contribution >= 4 is 16.8 Å². The van der Waals surface area contributed by atoms with Gasteiger partial charge in [-0.15, -0.1) is 0 Å². The lowest BCUT2D eigenvalue weighted by atomic mass is 10.0. The molecule has 0 spiro atoms. The number of fused-ring (bicyclic) bond motifs is 1. The molecule has 1 heterocycles. The Morgan fingerprint density at radius 3 is 2.38 bits per heavy atom. The first-order chi connectivity index (χ1) is 12.8. The molecule has 4 rings (SSSR count). The van der Waals surface area contributed by atoms with E-state index in [1.54, 1.807) is 0 Å². The third kappa shape index (κ3) is 3.70. The topological polar surface area (TPSA) is 30.2 Å². The van der Waals surface area contributed by atoms with Gasteiger partial charge in [0.05, 0.1) is 5.39 Å². The Morgan fingerprint density at radius 2 is 1.62 bits per heavy atom. The molecule has 1 aliphatic rings. The molecule has 0 aliphatic heterocycles. The first-order valence-corrected chi connectivity index (χ1v) is 9.24. The predicted octanol–water partition coefficient (Wildman–Crippen LogP) is 5.87. The molecule has 0 N–H and O–H groups in total. The zero-order valence-electron chi connectivity index (χ0n) is 14.7. The average molecular weight is 342 g/mol. The molecule has 3 aromatic rings. The van der Waals surface area contributed by atoms with E-state index in [0.717, 1.165) is 36.8 Å². The van der Waals surface area contributed by atoms with Crippen molar-refractivity contribution in [2.24, 2.45) is 0 Å². The number of benzene rings is 2. The molecule has 0 radical (unpaired) electrons. The van der Waals surface area contributed by atoms with Gasteiger partial charge in [0.15, 0.2) is 0 Å². The third-order valence-corrected chi connectivity index (χ3v) is 4.79. The fourth-order valence-electron chi connectivity index (χ4n) is 3.30. The van der Waals surface area contributed by atoms with Crippen molar-refractivity contribution < 1.29 is 4.42 Å². The highest BCUT2D eigenvalue weighted by atomic mass is 16.4. The van der Waals surface area contributed by atoms with E-state index < -0.39 is 0 Å². The quantitative estimate of drug-likeness (QED) is 0.524. The minimum Gasteiger partial charge on any atom is -0.427 e. The van der Waals surface area contributed by atoms with Crippen LogP contribution in [0.5, 0.6) is 0 Å². The van der Waals surface area contributed by atoms with E-state index in [9.17, 15) is 4.79 Å². The monoisotopic (exact) mass is 342 g/mol. The highest BCUT2D eigenvalue weighted by Gasteiger charge is 2.30. The Bertz CT molecular complexity index is 1010. The van der Waals surface area contributed by atoms with E-state index in [0.29, 0.717) is 11.3 Å². The van der Waals surface area contributed by atoms with Gasteiger partial charge in [-0.25, -0.2) is 4.79 Å². The molecule has 0 saturated heterocycles. The van der Waals surface area contributed by atoms with Crippen molar-refractivity contribution in [3.8, 4) is 0 Å². The summed E-state index contributed by atoms with van der Waals surface area (Å²) in [5.74, 6) is 1.33. The lowest BCUT2D eigenvalue weighted by Crippen LogP contribution is -2.06. The van der Waals surface area contributed by atoms with Gasteiger partial charge in [0.25, 0.3) is 0 Å². The second-order valence-electron chi connectivity index (χ2n) is 6.78. The Morgan fingerprint density at radius 1 is 0.885 bits per heavy atom. The fourth-order valence-corrected chi connectivity index (χ4v) is 3.30. The van der Waals surface area contributed by atoms with Crippen molar-refractivity contribution in [1.82, 2.24) is 0 Å². The lowest BCUT2D eigenvalue weighted by Gasteiger charge is -2.09. The summed E-state index contributed by atoms with van der Waals surface area (Å²) >= 11 is 0. The van der Waals surface area contributed by atoms with Gasteiger partial charge < -0.3 is 4.42 Å². The normalized spacial score (nSPS) is 14.6. The zero-order valence-corrected chi connectivity index (χ0v) is 14.7. The van der Waals surface area contributed by atoms with Crippen LogP contribution in [0.2, 0.25) is 0 Å². The second-order valence-corrected chi connectivity index (χ2v) is 6.78. The first-order valence-electron chi connectivity index (χ1n) is 9.24. The summed E-state index contributed by atoms with van der Waals surface area (Å²) in [6.45, 7) is 0. The number of allylic oxidation sites excluding steroid dienone is 3. The lowest BCUT2D eigenvalue weighted by molar-refractivity contribution is 0.463. The summed E-state index contributed by atoms with van der Waals surface area (Å²) < 4.78 is 5.68. The Hall–Kier alpha value is -2.87. The molecular weight excluding hydrogens is 320 g/mol. The molecule has 1 fully saturated rings. The summed E-state index contributed by atoms with van der Waals surface area (Å²) in [4.78, 5) is 12.2. The van der Waals surface area contributed by atoms with Crippen LogP contribution in [0.15, 0.2) is 82.0 Å². The third-order valence-electron chi connectivity index (χ3n) is 4.79. The van der Waals surface area contributed by atoms with Crippen LogP contribution in [0.1, 0.15) is 42.1 Å². The van der Waals surface area contributed by atoms with Gasteiger partial charge >= 0.3 is 5.63 Å². The zero-order chi connectivity index (χ0) is 17.8. The van der Waals surface area contributed by atoms with Gasteiger partial charge in [-0.05, 0) is 42.7 Å². The molecule has 0 unspecified atom stereocenters. The van der Waals surface area contributed by atoms with Crippen LogP contribution in [-0.2, 0) is 6.42 Å². The van der Waals surface area contributed by atoms with E-state index in [4.69, 9.17) is 4.42 Å². The molecule has 2 aromatic carbocycles. The molecule has 2 heteroatoms. The SMILES string of the molecule is O=c1oc(C2CC2)c(C/C=C/C/C=C/c2ccccc2)c2ccccc12. The van der Waals surface area contributed by atoms with Gasteiger partial charge in [0.2, 0.25) is 0 Å². The smallest absolute Gasteiger partial charge is 0.343 e. The molecule has 26 heavy (non-hydrogen) atoms. The fraction of sp³-hybridized carbons (Fsp3) is 0.208. The van der Waals surface area contributed by atoms with Crippen LogP contribution in [0.4, 0.5) is 0 Å². The highest BCUT2D eigenvalue weighted by Crippen LogP contribution is 2.42. The largest absolute Gasteiger partial charge is 0.427 e. The highest BCUT2D eigenvalue weighted by molar-refractivity contribution is 5.85. The standard InChI is InChI=1S/C24H22O2/c25-24-22-15-9-8-13-20(22)21(23(26-24)19-16-17-19)14-7-2-1-4-10-18-11-5-3-6-12-18/h2-13,15,19H,1,14,16-17H2/b7-2+,10-4+. The maximum Gasteiger partial charge on any atom is 0.343 e. The molecule has 2 nitrogen and oxygen atoms in total. The Kier molecular flexibility index (Phi) is 4.83. The summed E-state index contributed by atoms with van der Waals surface area (Å²) in [5.41, 5.74) is 2.18. The predicted molar refractivity (Wildman–Crippen MR) is 107 cm³/mol. The van der Waals surface area contributed by atoms with Gasteiger partial charge in [0.1, 0.15) is 5.76 Å². The van der Waals surface area contributed by atoms with Crippen LogP contribution >= 0.6 is 0 Å². The molecule has 0 bridgehead atoms. The number of rotatable bonds is 6. The molecule has 130 valence electrons. The second kappa shape index (κ2) is 7.57. The van der Waals surface area contributed by atoms with Crippen molar-refractivity contribution in [1.29, 1.82) is 0 Å². The van der Waals surface area contributed by atoms with Crippen molar-refractivity contribution in [3.63, 3.8) is 0 Å². The van der Waals surface area contributed by atoms with E-state index in [-0.39, 0.29) is 5.63 Å². The van der Waals surface area contributed by atoms with Crippen LogP contribution in [0.25, 0.3) is 16.8 Å². The molecule has 1 aromatic heterocycles. The van der Waals surface area contributed by atoms with Crippen molar-refractivity contribution in [2.75, 3.05) is 0 Å². The van der Waals surface area contributed by atoms with Crippen LogP contribution in [0, 0.1) is 0 Å². The Balaban J connectivity index is 1.51. The van der Waals surface area contributed by atoms with Gasteiger partial charge in [-0.3, -0.25) is 0 Å². The molecular formula is C24H22O2. The number of hydrogen-bond acceptors (Lipinski definition) is 2. The average Bonchev–Trinajstić information content (AvgIpc) is 3.52. The minimum absolute atomic E-state index is 0.207. The first kappa shape index (κ1) is 16.6. The molecule has 0 amide bonds. The molecule has 1 aliphatic carbocycles. The molecule has 0 atom stereocenters. The van der Waals surface area contributed by atoms with Gasteiger partial charge in [-0.1, -0.05) is 72.8 Å². The van der Waals surface area contributed by atoms with Crippen LogP contribution in [-0.4, -0.2) is 0 Å². The maximum atomic E-state index is 12.2. The number of hydrogen-bond donors (Lipinski definition) is 0. The van der Waals surface area contributed by atoms with E-state index in [1.165, 1.54) is 11.1 Å².